The first-order valence-corrected chi connectivity index (χ1v) is 5.81. The molecular formula is C10H17N5. The van der Waals surface area contributed by atoms with Crippen molar-refractivity contribution < 1.29 is 0 Å². The third-order valence-corrected chi connectivity index (χ3v) is 3.08. The summed E-state index contributed by atoms with van der Waals surface area (Å²) < 4.78 is 0. The molecule has 0 aromatic carbocycles. The molecule has 0 spiro atoms. The number of hydrogen-bond donors (Lipinski definition) is 2. The number of anilines is 1. The van der Waals surface area contributed by atoms with E-state index in [0.717, 1.165) is 38.0 Å². The molecule has 0 unspecified atom stereocenters. The van der Waals surface area contributed by atoms with Crippen LogP contribution in [0.15, 0.2) is 0 Å². The lowest BCUT2D eigenvalue weighted by molar-refractivity contribution is 0.724. The summed E-state index contributed by atoms with van der Waals surface area (Å²) in [5, 5.41) is 10.7. The fourth-order valence-corrected chi connectivity index (χ4v) is 1.99. The maximum Gasteiger partial charge on any atom is 0.244 e. The second kappa shape index (κ2) is 3.81. The number of nitrogens with zero attached hydrogens (tertiary/aromatic N) is 3. The van der Waals surface area contributed by atoms with E-state index in [2.05, 4.69) is 25.4 Å². The molecular weight excluding hydrogens is 190 g/mol. The Morgan fingerprint density at radius 1 is 1.20 bits per heavy atom. The van der Waals surface area contributed by atoms with Crippen LogP contribution in [0.3, 0.4) is 0 Å². The van der Waals surface area contributed by atoms with Gasteiger partial charge in [-0.3, -0.25) is 5.10 Å². The van der Waals surface area contributed by atoms with E-state index >= 15 is 0 Å². The molecule has 1 aromatic heterocycles. The Balaban J connectivity index is 1.72. The largest absolute Gasteiger partial charge is 0.338 e. The molecule has 5 heteroatoms. The normalized spacial score (nSPS) is 22.8. The molecule has 2 fully saturated rings. The number of rotatable bonds is 2. The molecule has 2 N–H and O–H groups in total. The van der Waals surface area contributed by atoms with Crippen LogP contribution in [0.25, 0.3) is 0 Å². The van der Waals surface area contributed by atoms with Crippen LogP contribution in [-0.4, -0.2) is 41.4 Å². The van der Waals surface area contributed by atoms with Gasteiger partial charge in [0.15, 0.2) is 0 Å². The van der Waals surface area contributed by atoms with Gasteiger partial charge in [-0.15, -0.1) is 5.10 Å². The van der Waals surface area contributed by atoms with Crippen molar-refractivity contribution in [2.75, 3.05) is 31.1 Å². The highest BCUT2D eigenvalue weighted by atomic mass is 15.4. The number of aromatic amines is 1. The van der Waals surface area contributed by atoms with Gasteiger partial charge in [0.2, 0.25) is 5.95 Å². The molecule has 1 aliphatic carbocycles. The Labute approximate surface area is 89.3 Å². The molecule has 1 saturated heterocycles. The fourth-order valence-electron chi connectivity index (χ4n) is 1.99. The predicted molar refractivity (Wildman–Crippen MR) is 58.1 cm³/mol. The zero-order chi connectivity index (χ0) is 10.1. The highest BCUT2D eigenvalue weighted by molar-refractivity contribution is 5.30. The quantitative estimate of drug-likeness (QED) is 0.740. The molecule has 1 aromatic rings. The molecule has 0 atom stereocenters. The number of nitrogens with one attached hydrogen (secondary N) is 2. The Hall–Kier alpha value is -1.10. The van der Waals surface area contributed by atoms with Gasteiger partial charge in [0, 0.05) is 25.6 Å². The number of aromatic nitrogens is 3. The van der Waals surface area contributed by atoms with Crippen molar-refractivity contribution in [1.29, 1.82) is 0 Å². The van der Waals surface area contributed by atoms with Crippen LogP contribution in [0.4, 0.5) is 5.95 Å². The minimum absolute atomic E-state index is 0.663. The van der Waals surface area contributed by atoms with Gasteiger partial charge in [-0.25, -0.2) is 0 Å². The maximum atomic E-state index is 4.57. The third kappa shape index (κ3) is 1.97. The van der Waals surface area contributed by atoms with Gasteiger partial charge in [-0.2, -0.15) is 4.98 Å². The van der Waals surface area contributed by atoms with Crippen LogP contribution < -0.4 is 10.2 Å². The second-order valence-electron chi connectivity index (χ2n) is 4.39. The van der Waals surface area contributed by atoms with Crippen molar-refractivity contribution in [3.63, 3.8) is 0 Å². The molecule has 0 bridgehead atoms. The summed E-state index contributed by atoms with van der Waals surface area (Å²) in [5.74, 6) is 2.64. The first kappa shape index (κ1) is 9.15. The second-order valence-corrected chi connectivity index (χ2v) is 4.39. The van der Waals surface area contributed by atoms with E-state index in [-0.39, 0.29) is 0 Å². The van der Waals surface area contributed by atoms with E-state index in [1.54, 1.807) is 0 Å². The molecule has 82 valence electrons. The Morgan fingerprint density at radius 3 is 3.00 bits per heavy atom. The van der Waals surface area contributed by atoms with Crippen molar-refractivity contribution in [3.05, 3.63) is 5.82 Å². The number of hydrogen-bond acceptors (Lipinski definition) is 4. The van der Waals surface area contributed by atoms with E-state index in [1.807, 2.05) is 0 Å². The lowest BCUT2D eigenvalue weighted by atomic mass is 10.4. The van der Waals surface area contributed by atoms with Crippen LogP contribution in [0.5, 0.6) is 0 Å². The Morgan fingerprint density at radius 2 is 2.13 bits per heavy atom. The lowest BCUT2D eigenvalue weighted by Gasteiger charge is -2.16. The molecule has 1 saturated carbocycles. The summed E-state index contributed by atoms with van der Waals surface area (Å²) in [5.41, 5.74) is 0. The zero-order valence-corrected chi connectivity index (χ0v) is 8.87. The van der Waals surface area contributed by atoms with Gasteiger partial charge >= 0.3 is 0 Å². The van der Waals surface area contributed by atoms with Gasteiger partial charge < -0.3 is 10.2 Å². The smallest absolute Gasteiger partial charge is 0.244 e. The molecule has 5 nitrogen and oxygen atoms in total. The molecule has 15 heavy (non-hydrogen) atoms. The van der Waals surface area contributed by atoms with E-state index in [9.17, 15) is 0 Å². The van der Waals surface area contributed by atoms with Gasteiger partial charge in [0.05, 0.1) is 0 Å². The van der Waals surface area contributed by atoms with Gasteiger partial charge in [0.1, 0.15) is 5.82 Å². The zero-order valence-electron chi connectivity index (χ0n) is 8.87. The maximum absolute atomic E-state index is 4.57. The Kier molecular flexibility index (Phi) is 2.32. The number of H-pyrrole nitrogens is 1. The molecule has 3 rings (SSSR count). The van der Waals surface area contributed by atoms with Crippen LogP contribution in [-0.2, 0) is 0 Å². The topological polar surface area (TPSA) is 56.8 Å². The summed E-state index contributed by atoms with van der Waals surface area (Å²) in [6, 6.07) is 0. The van der Waals surface area contributed by atoms with Crippen LogP contribution in [0.2, 0.25) is 0 Å². The van der Waals surface area contributed by atoms with Crippen molar-refractivity contribution >= 4 is 5.95 Å². The average molecular weight is 207 g/mol. The van der Waals surface area contributed by atoms with E-state index in [1.165, 1.54) is 19.3 Å². The van der Waals surface area contributed by atoms with E-state index in [4.69, 9.17) is 0 Å². The lowest BCUT2D eigenvalue weighted by Crippen LogP contribution is -2.28. The summed E-state index contributed by atoms with van der Waals surface area (Å²) in [4.78, 5) is 6.84. The molecule has 2 aliphatic rings. The summed E-state index contributed by atoms with van der Waals surface area (Å²) in [7, 11) is 0. The Bertz CT molecular complexity index is 322. The van der Waals surface area contributed by atoms with E-state index in [0.29, 0.717) is 5.92 Å². The van der Waals surface area contributed by atoms with Crippen LogP contribution in [0, 0.1) is 0 Å². The molecule has 0 amide bonds. The van der Waals surface area contributed by atoms with Gasteiger partial charge in [-0.1, -0.05) is 0 Å². The third-order valence-electron chi connectivity index (χ3n) is 3.08. The SMILES string of the molecule is C1CNCCN(c2n[nH]c(C3CC3)n2)C1. The molecule has 0 radical (unpaired) electrons. The average Bonchev–Trinajstić information content (AvgIpc) is 3.04. The summed E-state index contributed by atoms with van der Waals surface area (Å²) in [6.07, 6.45) is 3.72. The van der Waals surface area contributed by atoms with Gasteiger partial charge in [0.25, 0.3) is 0 Å². The highest BCUT2D eigenvalue weighted by Gasteiger charge is 2.28. The monoisotopic (exact) mass is 207 g/mol. The van der Waals surface area contributed by atoms with Crippen LogP contribution >= 0.6 is 0 Å². The first-order chi connectivity index (χ1) is 7.43. The first-order valence-electron chi connectivity index (χ1n) is 5.81. The van der Waals surface area contributed by atoms with Crippen LogP contribution in [0.1, 0.15) is 31.0 Å². The van der Waals surface area contributed by atoms with E-state index < -0.39 is 0 Å². The van der Waals surface area contributed by atoms with Crippen molar-refractivity contribution in [3.8, 4) is 0 Å². The highest BCUT2D eigenvalue weighted by Crippen LogP contribution is 2.38. The standard InChI is InChI=1S/C10H17N5/c1-4-11-5-7-15(6-1)10-12-9(13-14-10)8-2-3-8/h8,11H,1-7H2,(H,12,13,14). The summed E-state index contributed by atoms with van der Waals surface area (Å²) >= 11 is 0. The minimum Gasteiger partial charge on any atom is -0.338 e. The van der Waals surface area contributed by atoms with Gasteiger partial charge in [-0.05, 0) is 25.8 Å². The summed E-state index contributed by atoms with van der Waals surface area (Å²) in [6.45, 7) is 4.22. The van der Waals surface area contributed by atoms with Crippen molar-refractivity contribution in [2.24, 2.45) is 0 Å². The van der Waals surface area contributed by atoms with Crippen molar-refractivity contribution in [2.45, 2.75) is 25.2 Å². The fraction of sp³-hybridized carbons (Fsp3) is 0.800. The molecule has 1 aliphatic heterocycles. The minimum atomic E-state index is 0.663. The molecule has 2 heterocycles. The van der Waals surface area contributed by atoms with Crippen molar-refractivity contribution in [1.82, 2.24) is 20.5 Å². The predicted octanol–water partition coefficient (Wildman–Crippen LogP) is 0.482.